The van der Waals surface area contributed by atoms with Crippen molar-refractivity contribution < 1.29 is 4.39 Å². The van der Waals surface area contributed by atoms with E-state index < -0.39 is 5.82 Å². The molecule has 1 aromatic rings. The van der Waals surface area contributed by atoms with Gasteiger partial charge in [0.25, 0.3) is 0 Å². The monoisotopic (exact) mass is 370 g/mol. The molecule has 3 rings (SSSR count). The number of allylic oxidation sites excluding steroid dienone is 2. The molecule has 6 nitrogen and oxygen atoms in total. The summed E-state index contributed by atoms with van der Waals surface area (Å²) in [4.78, 5) is 4.43. The van der Waals surface area contributed by atoms with Gasteiger partial charge in [-0.25, -0.2) is 9.37 Å². The van der Waals surface area contributed by atoms with E-state index in [9.17, 15) is 9.65 Å². The average molecular weight is 370 g/mol. The van der Waals surface area contributed by atoms with Crippen LogP contribution < -0.4 is 16.4 Å². The highest BCUT2D eigenvalue weighted by Crippen LogP contribution is 2.36. The minimum atomic E-state index is -0.579. The summed E-state index contributed by atoms with van der Waals surface area (Å²) < 4.78 is 14.7. The summed E-state index contributed by atoms with van der Waals surface area (Å²) >= 11 is 0. The van der Waals surface area contributed by atoms with Crippen LogP contribution in [0.15, 0.2) is 11.8 Å². The number of hydrogen-bond donors (Lipinski definition) is 4. The number of anilines is 1. The molecule has 0 spiro atoms. The van der Waals surface area contributed by atoms with E-state index in [0.29, 0.717) is 17.3 Å². The number of nitrogens with zero attached hydrogens (tertiary/aromatic N) is 2. The maximum absolute atomic E-state index is 14.7. The van der Waals surface area contributed by atoms with Crippen LogP contribution >= 0.6 is 0 Å². The second-order valence-electron chi connectivity index (χ2n) is 7.52. The zero-order chi connectivity index (χ0) is 19.4. The van der Waals surface area contributed by atoms with Crippen molar-refractivity contribution in [1.82, 2.24) is 10.3 Å². The van der Waals surface area contributed by atoms with E-state index in [-0.39, 0.29) is 23.3 Å². The molecule has 1 aromatic heterocycles. The Kier molecular flexibility index (Phi) is 6.07. The number of rotatable bonds is 7. The normalized spacial score (nSPS) is 23.2. The van der Waals surface area contributed by atoms with Crippen LogP contribution in [0.4, 0.5) is 10.2 Å². The van der Waals surface area contributed by atoms with Crippen molar-refractivity contribution in [3.8, 4) is 6.07 Å². The van der Waals surface area contributed by atoms with Crippen molar-refractivity contribution in [3.63, 3.8) is 0 Å². The predicted molar refractivity (Wildman–Crippen MR) is 105 cm³/mol. The molecule has 144 valence electrons. The molecular weight excluding hydrogens is 343 g/mol. The summed E-state index contributed by atoms with van der Waals surface area (Å²) in [6, 6.07) is 3.64. The van der Waals surface area contributed by atoms with E-state index in [1.165, 1.54) is 6.07 Å². The topological polar surface area (TPSA) is 111 Å². The fourth-order valence-corrected chi connectivity index (χ4v) is 3.59. The average Bonchev–Trinajstić information content (AvgIpc) is 3.49. The third-order valence-electron chi connectivity index (χ3n) is 5.43. The number of hydrogen-bond acceptors (Lipinski definition) is 6. The molecule has 0 unspecified atom stereocenters. The molecule has 0 aliphatic heterocycles. The van der Waals surface area contributed by atoms with Crippen LogP contribution in [0.1, 0.15) is 56.2 Å². The Morgan fingerprint density at radius 2 is 2.07 bits per heavy atom. The van der Waals surface area contributed by atoms with Crippen molar-refractivity contribution in [2.45, 2.75) is 57.0 Å². The van der Waals surface area contributed by atoms with Crippen LogP contribution in [-0.2, 0) is 0 Å². The fourth-order valence-electron chi connectivity index (χ4n) is 3.59. The van der Waals surface area contributed by atoms with E-state index >= 15 is 0 Å². The largest absolute Gasteiger partial charge is 0.391 e. The first-order valence-corrected chi connectivity index (χ1v) is 9.60. The molecule has 2 aliphatic rings. The van der Waals surface area contributed by atoms with Crippen LogP contribution in [0.5, 0.6) is 0 Å². The van der Waals surface area contributed by atoms with Gasteiger partial charge < -0.3 is 21.8 Å². The van der Waals surface area contributed by atoms with Crippen molar-refractivity contribution in [2.75, 3.05) is 12.4 Å². The van der Waals surface area contributed by atoms with Gasteiger partial charge in [-0.15, -0.1) is 0 Å². The van der Waals surface area contributed by atoms with Gasteiger partial charge in [0.1, 0.15) is 17.6 Å². The van der Waals surface area contributed by atoms with Gasteiger partial charge in [0.2, 0.25) is 0 Å². The number of pyridine rings is 1. The molecule has 5 N–H and O–H groups in total. The van der Waals surface area contributed by atoms with Gasteiger partial charge in [-0.2, -0.15) is 5.26 Å². The first kappa shape index (κ1) is 19.3. The second-order valence-corrected chi connectivity index (χ2v) is 7.52. The highest BCUT2D eigenvalue weighted by molar-refractivity contribution is 6.09. The van der Waals surface area contributed by atoms with Crippen LogP contribution in [0.25, 0.3) is 5.57 Å². The summed E-state index contributed by atoms with van der Waals surface area (Å²) in [6.07, 6.45) is 7.90. The first-order chi connectivity index (χ1) is 13.0. The number of nitriles is 1. The quantitative estimate of drug-likeness (QED) is 0.551. The standard InChI is InChI=1S/C20H27FN6/c1-25-18(8-12-2-3-12)16(11-23)19-17(21)9-13(10-22)20(27-19)26-15-6-4-14(24)5-7-15/h9,11-12,14-15,23,25H,2-8,24H2,1H3,(H,26,27)/b18-16+,23-11?/t14-,15-. The van der Waals surface area contributed by atoms with E-state index in [1.807, 2.05) is 6.07 Å². The fraction of sp³-hybridized carbons (Fsp3) is 0.550. The predicted octanol–water partition coefficient (Wildman–Crippen LogP) is 3.15. The molecular formula is C20H27FN6. The zero-order valence-corrected chi connectivity index (χ0v) is 15.7. The Morgan fingerprint density at radius 3 is 2.63 bits per heavy atom. The second kappa shape index (κ2) is 8.49. The third kappa shape index (κ3) is 4.64. The molecule has 27 heavy (non-hydrogen) atoms. The van der Waals surface area contributed by atoms with E-state index in [2.05, 4.69) is 15.6 Å². The van der Waals surface area contributed by atoms with Crippen molar-refractivity contribution in [1.29, 1.82) is 10.7 Å². The summed E-state index contributed by atoms with van der Waals surface area (Å²) in [7, 11) is 1.78. The Hall–Kier alpha value is -2.46. The highest BCUT2D eigenvalue weighted by atomic mass is 19.1. The minimum absolute atomic E-state index is 0.115. The van der Waals surface area contributed by atoms with E-state index in [0.717, 1.165) is 56.9 Å². The maximum Gasteiger partial charge on any atom is 0.151 e. The maximum atomic E-state index is 14.7. The van der Waals surface area contributed by atoms with Gasteiger partial charge in [-0.05, 0) is 56.9 Å². The number of nitrogens with one attached hydrogen (secondary N) is 3. The van der Waals surface area contributed by atoms with Crippen molar-refractivity contribution in [2.24, 2.45) is 11.7 Å². The van der Waals surface area contributed by atoms with Crippen LogP contribution in [0, 0.1) is 28.5 Å². The van der Waals surface area contributed by atoms with Gasteiger partial charge in [-0.3, -0.25) is 0 Å². The SMILES string of the molecule is CN/C(CC1CC1)=C(\C=N)c1nc(N[C@H]2CC[C@H](N)CC2)c(C#N)cc1F. The summed E-state index contributed by atoms with van der Waals surface area (Å²) in [5, 5.41) is 23.6. The van der Waals surface area contributed by atoms with E-state index in [4.69, 9.17) is 11.1 Å². The molecule has 1 heterocycles. The molecule has 0 radical (unpaired) electrons. The number of nitrogens with two attached hydrogens (primary N) is 1. The van der Waals surface area contributed by atoms with Gasteiger partial charge in [0, 0.05) is 36.6 Å². The Labute approximate surface area is 159 Å². The highest BCUT2D eigenvalue weighted by Gasteiger charge is 2.26. The molecule has 0 saturated heterocycles. The van der Waals surface area contributed by atoms with Gasteiger partial charge >= 0.3 is 0 Å². The molecule has 0 aromatic carbocycles. The lowest BCUT2D eigenvalue weighted by atomic mass is 9.92. The third-order valence-corrected chi connectivity index (χ3v) is 5.43. The minimum Gasteiger partial charge on any atom is -0.391 e. The Balaban J connectivity index is 1.93. The summed E-state index contributed by atoms with van der Waals surface area (Å²) in [6.45, 7) is 0. The number of halogens is 1. The molecule has 0 amide bonds. The zero-order valence-electron chi connectivity index (χ0n) is 15.7. The molecule has 2 saturated carbocycles. The lowest BCUT2D eigenvalue weighted by molar-refractivity contribution is 0.410. The van der Waals surface area contributed by atoms with Crippen LogP contribution in [0.2, 0.25) is 0 Å². The van der Waals surface area contributed by atoms with Crippen LogP contribution in [0.3, 0.4) is 0 Å². The molecule has 0 bridgehead atoms. The lowest BCUT2D eigenvalue weighted by Crippen LogP contribution is -2.33. The molecule has 0 atom stereocenters. The van der Waals surface area contributed by atoms with Crippen LogP contribution in [-0.4, -0.2) is 30.3 Å². The summed E-state index contributed by atoms with van der Waals surface area (Å²) in [5.41, 5.74) is 7.52. The van der Waals surface area contributed by atoms with Gasteiger partial charge in [0.05, 0.1) is 5.56 Å². The molecule has 7 heteroatoms. The van der Waals surface area contributed by atoms with E-state index in [1.54, 1.807) is 7.05 Å². The van der Waals surface area contributed by atoms with Crippen molar-refractivity contribution >= 4 is 17.6 Å². The van der Waals surface area contributed by atoms with Gasteiger partial charge in [0.15, 0.2) is 5.82 Å². The smallest absolute Gasteiger partial charge is 0.151 e. The first-order valence-electron chi connectivity index (χ1n) is 9.60. The lowest BCUT2D eigenvalue weighted by Gasteiger charge is -2.27. The number of aromatic nitrogens is 1. The summed E-state index contributed by atoms with van der Waals surface area (Å²) in [5.74, 6) is 0.397. The molecule has 2 fully saturated rings. The molecule has 2 aliphatic carbocycles. The Bertz CT molecular complexity index is 769. The Morgan fingerprint density at radius 1 is 1.37 bits per heavy atom. The van der Waals surface area contributed by atoms with Gasteiger partial charge in [-0.1, -0.05) is 0 Å². The van der Waals surface area contributed by atoms with Crippen molar-refractivity contribution in [3.05, 3.63) is 28.8 Å².